The maximum atomic E-state index is 13.6. The van der Waals surface area contributed by atoms with Crippen molar-refractivity contribution in [2.75, 3.05) is 26.2 Å². The zero-order valence-electron chi connectivity index (χ0n) is 18.3. The quantitative estimate of drug-likeness (QED) is 0.772. The second kappa shape index (κ2) is 7.24. The third-order valence-corrected chi connectivity index (χ3v) is 8.23. The molecule has 0 radical (unpaired) electrons. The van der Waals surface area contributed by atoms with Crippen molar-refractivity contribution in [2.45, 2.75) is 64.7 Å². The van der Waals surface area contributed by atoms with Crippen LogP contribution in [0.5, 0.6) is 0 Å². The molecule has 3 heterocycles. The first kappa shape index (κ1) is 19.8. The number of hydrogen-bond donors (Lipinski definition) is 1. The Kier molecular flexibility index (Phi) is 4.79. The number of nitrogens with zero attached hydrogens (tertiary/aromatic N) is 3. The van der Waals surface area contributed by atoms with Gasteiger partial charge in [0.15, 0.2) is 0 Å². The van der Waals surface area contributed by atoms with Crippen LogP contribution in [0.1, 0.15) is 80.8 Å². The summed E-state index contributed by atoms with van der Waals surface area (Å²) in [5, 5.41) is 7.38. The highest BCUT2D eigenvalue weighted by molar-refractivity contribution is 5.97. The fourth-order valence-electron chi connectivity index (χ4n) is 6.82. The van der Waals surface area contributed by atoms with Crippen LogP contribution in [0.2, 0.25) is 0 Å². The molecule has 1 saturated heterocycles. The molecule has 2 atom stereocenters. The Labute approximate surface area is 179 Å². The third kappa shape index (κ3) is 3.02. The van der Waals surface area contributed by atoms with Gasteiger partial charge >= 0.3 is 0 Å². The topological polar surface area (TPSA) is 69.3 Å². The average molecular weight is 411 g/mol. The van der Waals surface area contributed by atoms with Gasteiger partial charge in [0.1, 0.15) is 0 Å². The highest BCUT2D eigenvalue weighted by Crippen LogP contribution is 2.63. The molecule has 0 unspecified atom stereocenters. The zero-order chi connectivity index (χ0) is 20.9. The van der Waals surface area contributed by atoms with E-state index in [0.717, 1.165) is 43.5 Å². The molecule has 30 heavy (non-hydrogen) atoms. The number of aromatic nitrogens is 2. The summed E-state index contributed by atoms with van der Waals surface area (Å²) >= 11 is 0. The molecule has 2 saturated carbocycles. The highest BCUT2D eigenvalue weighted by atomic mass is 16.2. The minimum atomic E-state index is -0.404. The number of carbonyl (C=O) groups excluding carboxylic acids is 2. The SMILES string of the molecule is CC1(C)C[C@]2(C(=O)N3CC=CCC3)CN(C(=O)c3cn[nH]c3C3CCCCC3)C[C@H]12. The third-order valence-electron chi connectivity index (χ3n) is 8.23. The zero-order valence-corrected chi connectivity index (χ0v) is 18.3. The van der Waals surface area contributed by atoms with Gasteiger partial charge in [-0.05, 0) is 37.0 Å². The Morgan fingerprint density at radius 3 is 2.63 bits per heavy atom. The van der Waals surface area contributed by atoms with Crippen LogP contribution in [0.4, 0.5) is 0 Å². The van der Waals surface area contributed by atoms with Crippen molar-refractivity contribution in [1.29, 1.82) is 0 Å². The smallest absolute Gasteiger partial charge is 0.257 e. The van der Waals surface area contributed by atoms with Crippen molar-refractivity contribution in [3.63, 3.8) is 0 Å². The summed E-state index contributed by atoms with van der Waals surface area (Å²) in [7, 11) is 0. The van der Waals surface area contributed by atoms with E-state index in [-0.39, 0.29) is 23.1 Å². The number of aromatic amines is 1. The van der Waals surface area contributed by atoms with Crippen LogP contribution in [0.15, 0.2) is 18.3 Å². The number of rotatable bonds is 3. The van der Waals surface area contributed by atoms with Crippen LogP contribution < -0.4 is 0 Å². The molecule has 5 rings (SSSR count). The average Bonchev–Trinajstić information content (AvgIpc) is 3.38. The molecule has 2 aliphatic heterocycles. The first-order valence-corrected chi connectivity index (χ1v) is 11.7. The van der Waals surface area contributed by atoms with E-state index in [9.17, 15) is 9.59 Å². The van der Waals surface area contributed by atoms with Gasteiger partial charge in [0.25, 0.3) is 5.91 Å². The Hall–Kier alpha value is -2.11. The molecular formula is C24H34N4O2. The monoisotopic (exact) mass is 410 g/mol. The molecule has 1 aromatic rings. The van der Waals surface area contributed by atoms with E-state index in [1.54, 1.807) is 6.20 Å². The Morgan fingerprint density at radius 2 is 1.93 bits per heavy atom. The summed E-state index contributed by atoms with van der Waals surface area (Å²) in [5.41, 5.74) is 1.43. The molecule has 6 nitrogen and oxygen atoms in total. The van der Waals surface area contributed by atoms with Crippen LogP contribution in [0, 0.1) is 16.7 Å². The molecule has 162 valence electrons. The van der Waals surface area contributed by atoms with E-state index >= 15 is 0 Å². The minimum Gasteiger partial charge on any atom is -0.338 e. The fraction of sp³-hybridized carbons (Fsp3) is 0.708. The lowest BCUT2D eigenvalue weighted by Gasteiger charge is -2.56. The molecule has 0 spiro atoms. The first-order valence-electron chi connectivity index (χ1n) is 11.7. The Bertz CT molecular complexity index is 866. The lowest BCUT2D eigenvalue weighted by atomic mass is 9.47. The van der Waals surface area contributed by atoms with Gasteiger partial charge in [-0.3, -0.25) is 14.7 Å². The van der Waals surface area contributed by atoms with E-state index in [0.29, 0.717) is 25.6 Å². The Morgan fingerprint density at radius 1 is 1.13 bits per heavy atom. The molecule has 3 fully saturated rings. The van der Waals surface area contributed by atoms with Crippen molar-refractivity contribution < 1.29 is 9.59 Å². The number of H-pyrrole nitrogens is 1. The lowest BCUT2D eigenvalue weighted by Crippen LogP contribution is -2.61. The molecule has 1 aromatic heterocycles. The van der Waals surface area contributed by atoms with E-state index in [1.807, 2.05) is 9.80 Å². The molecule has 0 aromatic carbocycles. The maximum absolute atomic E-state index is 13.6. The highest BCUT2D eigenvalue weighted by Gasteiger charge is 2.67. The van der Waals surface area contributed by atoms with Gasteiger partial charge in [0.2, 0.25) is 5.91 Å². The largest absolute Gasteiger partial charge is 0.338 e. The number of fused-ring (bicyclic) bond motifs is 1. The van der Waals surface area contributed by atoms with Crippen LogP contribution in [0.3, 0.4) is 0 Å². The molecule has 1 N–H and O–H groups in total. The minimum absolute atomic E-state index is 0.0558. The molecule has 2 aliphatic carbocycles. The normalized spacial score (nSPS) is 30.8. The number of hydrogen-bond acceptors (Lipinski definition) is 3. The van der Waals surface area contributed by atoms with E-state index < -0.39 is 5.41 Å². The number of carbonyl (C=O) groups is 2. The fourth-order valence-corrected chi connectivity index (χ4v) is 6.82. The van der Waals surface area contributed by atoms with E-state index in [1.165, 1.54) is 19.3 Å². The van der Waals surface area contributed by atoms with E-state index in [2.05, 4.69) is 36.2 Å². The van der Waals surface area contributed by atoms with E-state index in [4.69, 9.17) is 0 Å². The van der Waals surface area contributed by atoms with Gasteiger partial charge in [-0.2, -0.15) is 5.10 Å². The van der Waals surface area contributed by atoms with Gasteiger partial charge in [-0.25, -0.2) is 0 Å². The van der Waals surface area contributed by atoms with Crippen molar-refractivity contribution in [3.05, 3.63) is 29.6 Å². The Balaban J connectivity index is 1.38. The molecule has 2 amide bonds. The molecular weight excluding hydrogens is 376 g/mol. The second-order valence-corrected chi connectivity index (χ2v) is 10.6. The van der Waals surface area contributed by atoms with Crippen LogP contribution in [-0.2, 0) is 4.79 Å². The molecule has 6 heteroatoms. The number of amides is 2. The summed E-state index contributed by atoms with van der Waals surface area (Å²) < 4.78 is 0. The molecule has 0 bridgehead atoms. The predicted molar refractivity (Wildman–Crippen MR) is 115 cm³/mol. The summed E-state index contributed by atoms with van der Waals surface area (Å²) in [6.45, 7) is 7.23. The predicted octanol–water partition coefficient (Wildman–Crippen LogP) is 3.73. The lowest BCUT2D eigenvalue weighted by molar-refractivity contribution is -0.163. The van der Waals surface area contributed by atoms with Gasteiger partial charge in [0, 0.05) is 32.1 Å². The summed E-state index contributed by atoms with van der Waals surface area (Å²) in [5.74, 6) is 0.954. The van der Waals surface area contributed by atoms with Gasteiger partial charge < -0.3 is 9.80 Å². The van der Waals surface area contributed by atoms with Crippen molar-refractivity contribution >= 4 is 11.8 Å². The summed E-state index contributed by atoms with van der Waals surface area (Å²) in [6.07, 6.45) is 13.7. The van der Waals surface area contributed by atoms with Gasteiger partial charge in [-0.1, -0.05) is 45.3 Å². The standard InChI is InChI=1S/C24H34N4O2/c1-23(2)15-24(22(30)27-11-7-4-8-12-27)16-28(14-19(23)24)21(29)18-13-25-26-20(18)17-9-5-3-6-10-17/h4,7,13,17,19H,3,5-6,8-12,14-16H2,1-2H3,(H,25,26)/t19-,24+/m1/s1. The van der Waals surface area contributed by atoms with Crippen molar-refractivity contribution in [1.82, 2.24) is 20.0 Å². The van der Waals surface area contributed by atoms with Crippen molar-refractivity contribution in [2.24, 2.45) is 16.7 Å². The second-order valence-electron chi connectivity index (χ2n) is 10.6. The van der Waals surface area contributed by atoms with Gasteiger partial charge in [0.05, 0.1) is 22.9 Å². The summed E-state index contributed by atoms with van der Waals surface area (Å²) in [4.78, 5) is 31.1. The van der Waals surface area contributed by atoms with Gasteiger partial charge in [-0.15, -0.1) is 0 Å². The number of likely N-dealkylation sites (tertiary alicyclic amines) is 1. The summed E-state index contributed by atoms with van der Waals surface area (Å²) in [6, 6.07) is 0. The van der Waals surface area contributed by atoms with Crippen LogP contribution >= 0.6 is 0 Å². The van der Waals surface area contributed by atoms with Crippen LogP contribution in [-0.4, -0.2) is 58.0 Å². The van der Waals surface area contributed by atoms with Crippen LogP contribution in [0.25, 0.3) is 0 Å². The first-order chi connectivity index (χ1) is 14.4. The number of nitrogens with one attached hydrogen (secondary N) is 1. The van der Waals surface area contributed by atoms with Crippen molar-refractivity contribution in [3.8, 4) is 0 Å². The maximum Gasteiger partial charge on any atom is 0.257 e. The molecule has 4 aliphatic rings.